The van der Waals surface area contributed by atoms with E-state index >= 15 is 0 Å². The van der Waals surface area contributed by atoms with Gasteiger partial charge in [-0.05, 0) is 25.0 Å². The summed E-state index contributed by atoms with van der Waals surface area (Å²) < 4.78 is 24.2. The van der Waals surface area contributed by atoms with Crippen molar-refractivity contribution < 1.29 is 13.2 Å². The summed E-state index contributed by atoms with van der Waals surface area (Å²) in [6, 6.07) is 6.53. The maximum Gasteiger partial charge on any atom is 0.231 e. The average Bonchev–Trinajstić information content (AvgIpc) is 2.98. The van der Waals surface area contributed by atoms with Gasteiger partial charge in [-0.2, -0.15) is 0 Å². The van der Waals surface area contributed by atoms with Crippen molar-refractivity contribution in [2.45, 2.75) is 37.5 Å². The highest BCUT2D eigenvalue weighted by Crippen LogP contribution is 2.38. The SMILES string of the molecule is CCS(=O)(=O)c1ccccc1NC(=O)C1(CN)CCCC1. The fraction of sp³-hybridized carbons (Fsp3) is 0.533. The van der Waals surface area contributed by atoms with Crippen LogP contribution in [0, 0.1) is 5.41 Å². The first-order valence-corrected chi connectivity index (χ1v) is 8.94. The molecule has 6 heteroatoms. The van der Waals surface area contributed by atoms with Crippen LogP contribution in [0.3, 0.4) is 0 Å². The molecule has 1 aromatic rings. The highest BCUT2D eigenvalue weighted by Gasteiger charge is 2.40. The van der Waals surface area contributed by atoms with Crippen molar-refractivity contribution in [3.63, 3.8) is 0 Å². The number of carbonyl (C=O) groups excluding carboxylic acids is 1. The molecule has 116 valence electrons. The van der Waals surface area contributed by atoms with Crippen LogP contribution in [0.25, 0.3) is 0 Å². The molecule has 0 radical (unpaired) electrons. The van der Waals surface area contributed by atoms with Crippen molar-refractivity contribution in [1.82, 2.24) is 0 Å². The van der Waals surface area contributed by atoms with Crippen LogP contribution in [0.4, 0.5) is 5.69 Å². The molecular weight excluding hydrogens is 288 g/mol. The Morgan fingerprint density at radius 3 is 2.48 bits per heavy atom. The van der Waals surface area contributed by atoms with Gasteiger partial charge in [0.2, 0.25) is 5.91 Å². The van der Waals surface area contributed by atoms with Crippen LogP contribution in [0.5, 0.6) is 0 Å². The van der Waals surface area contributed by atoms with Crippen molar-refractivity contribution in [1.29, 1.82) is 0 Å². The Hall–Kier alpha value is -1.40. The normalized spacial score (nSPS) is 17.6. The van der Waals surface area contributed by atoms with E-state index in [1.165, 1.54) is 6.07 Å². The fourth-order valence-corrected chi connectivity index (χ4v) is 3.88. The molecule has 1 aliphatic rings. The second-order valence-corrected chi connectivity index (χ2v) is 7.79. The molecule has 21 heavy (non-hydrogen) atoms. The Kier molecular flexibility index (Phi) is 4.68. The lowest BCUT2D eigenvalue weighted by Gasteiger charge is -2.26. The molecular formula is C15H22N2O3S. The van der Waals surface area contributed by atoms with Gasteiger partial charge in [-0.1, -0.05) is 31.9 Å². The maximum atomic E-state index is 12.5. The van der Waals surface area contributed by atoms with Crippen molar-refractivity contribution in [2.75, 3.05) is 17.6 Å². The highest BCUT2D eigenvalue weighted by molar-refractivity contribution is 7.91. The van der Waals surface area contributed by atoms with E-state index in [4.69, 9.17) is 5.73 Å². The average molecular weight is 310 g/mol. The van der Waals surface area contributed by atoms with E-state index in [9.17, 15) is 13.2 Å². The minimum Gasteiger partial charge on any atom is -0.329 e. The lowest BCUT2D eigenvalue weighted by molar-refractivity contribution is -0.124. The third kappa shape index (κ3) is 3.11. The number of carbonyl (C=O) groups is 1. The van der Waals surface area contributed by atoms with E-state index in [1.807, 2.05) is 0 Å². The van der Waals surface area contributed by atoms with Gasteiger partial charge in [0.05, 0.1) is 21.8 Å². The molecule has 0 saturated heterocycles. The van der Waals surface area contributed by atoms with E-state index < -0.39 is 15.3 Å². The second kappa shape index (κ2) is 6.15. The van der Waals surface area contributed by atoms with Crippen LogP contribution in [0.1, 0.15) is 32.6 Å². The summed E-state index contributed by atoms with van der Waals surface area (Å²) in [4.78, 5) is 12.7. The molecule has 1 saturated carbocycles. The molecule has 2 rings (SSSR count). The van der Waals surface area contributed by atoms with Crippen molar-refractivity contribution >= 4 is 21.4 Å². The maximum absolute atomic E-state index is 12.5. The predicted octanol–water partition coefficient (Wildman–Crippen LogP) is 1.94. The van der Waals surface area contributed by atoms with E-state index in [-0.39, 0.29) is 16.6 Å². The van der Waals surface area contributed by atoms with Gasteiger partial charge < -0.3 is 11.1 Å². The first-order chi connectivity index (χ1) is 9.95. The molecule has 3 N–H and O–H groups in total. The molecule has 5 nitrogen and oxygen atoms in total. The number of hydrogen-bond acceptors (Lipinski definition) is 4. The molecule has 0 aromatic heterocycles. The number of nitrogens with one attached hydrogen (secondary N) is 1. The third-order valence-corrected chi connectivity index (χ3v) is 6.07. The topological polar surface area (TPSA) is 89.3 Å². The molecule has 0 spiro atoms. The largest absolute Gasteiger partial charge is 0.329 e. The van der Waals surface area contributed by atoms with Crippen LogP contribution in [-0.4, -0.2) is 26.6 Å². The van der Waals surface area contributed by atoms with Gasteiger partial charge in [-0.3, -0.25) is 4.79 Å². The van der Waals surface area contributed by atoms with Gasteiger partial charge >= 0.3 is 0 Å². The number of rotatable bonds is 5. The Morgan fingerprint density at radius 2 is 1.90 bits per heavy atom. The number of para-hydroxylation sites is 1. The van der Waals surface area contributed by atoms with E-state index in [0.29, 0.717) is 12.2 Å². The summed E-state index contributed by atoms with van der Waals surface area (Å²) in [5.41, 5.74) is 5.59. The lowest BCUT2D eigenvalue weighted by Crippen LogP contribution is -2.40. The number of benzene rings is 1. The number of amides is 1. The Labute approximate surface area is 125 Å². The standard InChI is InChI=1S/C15H22N2O3S/c1-2-21(19,20)13-8-4-3-7-12(13)17-14(18)15(11-16)9-5-6-10-15/h3-4,7-8H,2,5-6,9-11,16H2,1H3,(H,17,18). The molecule has 1 aliphatic carbocycles. The number of anilines is 1. The third-order valence-electron chi connectivity index (χ3n) is 4.28. The van der Waals surface area contributed by atoms with Gasteiger partial charge in [-0.25, -0.2) is 8.42 Å². The van der Waals surface area contributed by atoms with Crippen LogP contribution in [0.2, 0.25) is 0 Å². The first kappa shape index (κ1) is 16.0. The molecule has 0 bridgehead atoms. The Morgan fingerprint density at radius 1 is 1.29 bits per heavy atom. The van der Waals surface area contributed by atoms with Crippen molar-refractivity contribution in [3.8, 4) is 0 Å². The van der Waals surface area contributed by atoms with Crippen LogP contribution < -0.4 is 11.1 Å². The minimum atomic E-state index is -3.37. The van der Waals surface area contributed by atoms with Gasteiger partial charge in [0.15, 0.2) is 9.84 Å². The van der Waals surface area contributed by atoms with Gasteiger partial charge in [0, 0.05) is 6.54 Å². The monoisotopic (exact) mass is 310 g/mol. The number of hydrogen-bond donors (Lipinski definition) is 2. The van der Waals surface area contributed by atoms with Gasteiger partial charge in [0.1, 0.15) is 0 Å². The summed E-state index contributed by atoms with van der Waals surface area (Å²) in [5.74, 6) is -0.164. The predicted molar refractivity (Wildman–Crippen MR) is 82.8 cm³/mol. The highest BCUT2D eigenvalue weighted by atomic mass is 32.2. The summed E-state index contributed by atoms with van der Waals surface area (Å²) >= 11 is 0. The molecule has 1 amide bonds. The molecule has 1 fully saturated rings. The van der Waals surface area contributed by atoms with Crippen LogP contribution in [-0.2, 0) is 14.6 Å². The molecule has 1 aromatic carbocycles. The quantitative estimate of drug-likeness (QED) is 0.869. The van der Waals surface area contributed by atoms with Crippen molar-refractivity contribution in [2.24, 2.45) is 11.1 Å². The molecule has 0 aliphatic heterocycles. The first-order valence-electron chi connectivity index (χ1n) is 7.28. The van der Waals surface area contributed by atoms with E-state index in [0.717, 1.165) is 25.7 Å². The van der Waals surface area contributed by atoms with Gasteiger partial charge in [-0.15, -0.1) is 0 Å². The Bertz CT molecular complexity index is 620. The summed E-state index contributed by atoms with van der Waals surface area (Å²) in [6.07, 6.45) is 3.50. The zero-order valence-corrected chi connectivity index (χ0v) is 13.1. The van der Waals surface area contributed by atoms with Crippen LogP contribution >= 0.6 is 0 Å². The smallest absolute Gasteiger partial charge is 0.231 e. The Balaban J connectivity index is 2.30. The molecule has 0 unspecified atom stereocenters. The summed E-state index contributed by atoms with van der Waals surface area (Å²) in [6.45, 7) is 1.88. The summed E-state index contributed by atoms with van der Waals surface area (Å²) in [5, 5.41) is 2.79. The summed E-state index contributed by atoms with van der Waals surface area (Å²) in [7, 11) is -3.37. The lowest BCUT2D eigenvalue weighted by atomic mass is 9.85. The fourth-order valence-electron chi connectivity index (χ4n) is 2.83. The number of nitrogens with two attached hydrogens (primary N) is 1. The van der Waals surface area contributed by atoms with Gasteiger partial charge in [0.25, 0.3) is 0 Å². The minimum absolute atomic E-state index is 0.00190. The second-order valence-electron chi connectivity index (χ2n) is 5.55. The zero-order valence-electron chi connectivity index (χ0n) is 12.3. The molecule has 0 heterocycles. The van der Waals surface area contributed by atoms with Crippen molar-refractivity contribution in [3.05, 3.63) is 24.3 Å². The van der Waals surface area contributed by atoms with Crippen LogP contribution in [0.15, 0.2) is 29.2 Å². The molecule has 0 atom stereocenters. The van der Waals surface area contributed by atoms with E-state index in [1.54, 1.807) is 25.1 Å². The number of sulfone groups is 1. The zero-order chi connectivity index (χ0) is 15.5. The van der Waals surface area contributed by atoms with E-state index in [2.05, 4.69) is 5.32 Å².